The molecule has 0 fully saturated rings. The molecule has 0 aliphatic rings. The molecule has 0 aliphatic heterocycles. The lowest BCUT2D eigenvalue weighted by molar-refractivity contribution is 0.439. The van der Waals surface area contributed by atoms with Crippen LogP contribution < -0.4 is 5.73 Å². The van der Waals surface area contributed by atoms with Gasteiger partial charge >= 0.3 is 0 Å². The molecule has 0 aliphatic carbocycles. The van der Waals surface area contributed by atoms with Crippen molar-refractivity contribution < 1.29 is 4.52 Å². The van der Waals surface area contributed by atoms with E-state index in [1.807, 2.05) is 19.2 Å². The molecule has 98 valence electrons. The van der Waals surface area contributed by atoms with E-state index in [2.05, 4.69) is 34.6 Å². The summed E-state index contributed by atoms with van der Waals surface area (Å²) >= 11 is 0. The minimum absolute atomic E-state index is 0.319. The van der Waals surface area contributed by atoms with Crippen LogP contribution in [0.3, 0.4) is 0 Å². The number of fused-ring (bicyclic) bond motifs is 1. The number of nitrogen functional groups attached to an aromatic ring is 1. The molecule has 19 heavy (non-hydrogen) atoms. The van der Waals surface area contributed by atoms with Crippen molar-refractivity contribution in [3.05, 3.63) is 30.1 Å². The summed E-state index contributed by atoms with van der Waals surface area (Å²) in [6, 6.07) is 7.78. The van der Waals surface area contributed by atoms with E-state index < -0.39 is 0 Å². The van der Waals surface area contributed by atoms with Crippen LogP contribution in [0, 0.1) is 0 Å². The summed E-state index contributed by atoms with van der Waals surface area (Å²) in [7, 11) is 2.04. The lowest BCUT2D eigenvalue weighted by atomic mass is 10.1. The van der Waals surface area contributed by atoms with Gasteiger partial charge in [0.05, 0.1) is 11.0 Å². The summed E-state index contributed by atoms with van der Waals surface area (Å²) in [6.07, 6.45) is 0. The number of aryl methyl sites for hydroxylation is 1. The van der Waals surface area contributed by atoms with Gasteiger partial charge in [0.2, 0.25) is 5.88 Å². The number of hydrogen-bond donors (Lipinski definition) is 1. The first-order valence-corrected chi connectivity index (χ1v) is 6.25. The van der Waals surface area contributed by atoms with Crippen LogP contribution in [0.1, 0.15) is 25.6 Å². The smallest absolute Gasteiger partial charge is 0.222 e. The lowest BCUT2D eigenvalue weighted by Crippen LogP contribution is -1.99. The Morgan fingerprint density at radius 1 is 1.26 bits per heavy atom. The largest absolute Gasteiger partial charge is 0.368 e. The summed E-state index contributed by atoms with van der Waals surface area (Å²) in [4.78, 5) is 4.68. The van der Waals surface area contributed by atoms with Gasteiger partial charge in [-0.05, 0) is 12.1 Å². The number of aromatic nitrogens is 3. The van der Waals surface area contributed by atoms with Crippen LogP contribution in [0.25, 0.3) is 22.3 Å². The predicted octanol–water partition coefficient (Wildman–Crippen LogP) is 2.93. The number of nitrogens with zero attached hydrogens (tertiary/aromatic N) is 3. The van der Waals surface area contributed by atoms with Crippen LogP contribution in [-0.4, -0.2) is 14.7 Å². The van der Waals surface area contributed by atoms with E-state index in [9.17, 15) is 0 Å². The average molecular weight is 256 g/mol. The van der Waals surface area contributed by atoms with Crippen LogP contribution in [-0.2, 0) is 7.05 Å². The summed E-state index contributed by atoms with van der Waals surface area (Å²) in [5, 5.41) is 3.92. The standard InChI is InChI=1S/C14H16N4O/c1-8(2)14-16-11-6-9(4-5-12(11)18(14)3)10-7-13(15)19-17-10/h4-8H,15H2,1-3H3. The molecule has 2 heterocycles. The predicted molar refractivity (Wildman–Crippen MR) is 74.7 cm³/mol. The molecule has 3 aromatic rings. The van der Waals surface area contributed by atoms with Gasteiger partial charge in [-0.25, -0.2) is 4.98 Å². The quantitative estimate of drug-likeness (QED) is 0.765. The fourth-order valence-electron chi connectivity index (χ4n) is 2.32. The second-order valence-electron chi connectivity index (χ2n) is 5.00. The number of nitrogens with two attached hydrogens (primary N) is 1. The maximum Gasteiger partial charge on any atom is 0.222 e. The summed E-state index contributed by atoms with van der Waals surface area (Å²) < 4.78 is 7.03. The van der Waals surface area contributed by atoms with Gasteiger partial charge in [0.25, 0.3) is 0 Å². The summed E-state index contributed by atoms with van der Waals surface area (Å²) in [5.74, 6) is 1.79. The van der Waals surface area contributed by atoms with E-state index in [1.165, 1.54) is 0 Å². The Morgan fingerprint density at radius 2 is 2.05 bits per heavy atom. The Balaban J connectivity index is 2.16. The Morgan fingerprint density at radius 3 is 2.68 bits per heavy atom. The molecule has 2 N–H and O–H groups in total. The van der Waals surface area contributed by atoms with E-state index in [4.69, 9.17) is 10.3 Å². The molecular formula is C14H16N4O. The molecule has 0 spiro atoms. The fourth-order valence-corrected chi connectivity index (χ4v) is 2.32. The van der Waals surface area contributed by atoms with Crippen molar-refractivity contribution in [2.45, 2.75) is 19.8 Å². The Hall–Kier alpha value is -2.30. The van der Waals surface area contributed by atoms with E-state index in [0.29, 0.717) is 11.8 Å². The van der Waals surface area contributed by atoms with Crippen molar-refractivity contribution >= 4 is 16.9 Å². The molecular weight excluding hydrogens is 240 g/mol. The molecule has 0 atom stereocenters. The summed E-state index contributed by atoms with van der Waals surface area (Å²) in [6.45, 7) is 4.28. The van der Waals surface area contributed by atoms with E-state index in [-0.39, 0.29) is 0 Å². The van der Waals surface area contributed by atoms with Gasteiger partial charge in [0.15, 0.2) is 0 Å². The van der Waals surface area contributed by atoms with Gasteiger partial charge in [0.1, 0.15) is 11.5 Å². The number of hydrogen-bond acceptors (Lipinski definition) is 4. The van der Waals surface area contributed by atoms with E-state index in [0.717, 1.165) is 28.1 Å². The maximum absolute atomic E-state index is 5.55. The minimum Gasteiger partial charge on any atom is -0.368 e. The van der Waals surface area contributed by atoms with Gasteiger partial charge in [-0.15, -0.1) is 0 Å². The van der Waals surface area contributed by atoms with Gasteiger partial charge in [-0.1, -0.05) is 25.1 Å². The molecule has 5 heteroatoms. The van der Waals surface area contributed by atoms with Crippen LogP contribution in [0.2, 0.25) is 0 Å². The zero-order valence-corrected chi connectivity index (χ0v) is 11.2. The van der Waals surface area contributed by atoms with Gasteiger partial charge < -0.3 is 14.8 Å². The number of anilines is 1. The molecule has 0 saturated carbocycles. The Kier molecular flexibility index (Phi) is 2.55. The third kappa shape index (κ3) is 1.87. The first-order chi connectivity index (χ1) is 9.06. The van der Waals surface area contributed by atoms with Crippen LogP contribution in [0.5, 0.6) is 0 Å². The van der Waals surface area contributed by atoms with Crippen molar-refractivity contribution in [1.29, 1.82) is 0 Å². The second-order valence-corrected chi connectivity index (χ2v) is 5.00. The topological polar surface area (TPSA) is 69.9 Å². The Bertz CT molecular complexity index is 739. The first kappa shape index (κ1) is 11.8. The third-order valence-electron chi connectivity index (χ3n) is 3.26. The highest BCUT2D eigenvalue weighted by Gasteiger charge is 2.12. The maximum atomic E-state index is 5.55. The number of imidazole rings is 1. The molecule has 0 bridgehead atoms. The molecule has 0 amide bonds. The molecule has 0 unspecified atom stereocenters. The van der Waals surface area contributed by atoms with Crippen molar-refractivity contribution in [3.8, 4) is 11.3 Å². The van der Waals surface area contributed by atoms with Crippen molar-refractivity contribution in [1.82, 2.24) is 14.7 Å². The van der Waals surface area contributed by atoms with Gasteiger partial charge in [0, 0.05) is 24.6 Å². The molecule has 5 nitrogen and oxygen atoms in total. The molecule has 2 aromatic heterocycles. The number of rotatable bonds is 2. The molecule has 0 radical (unpaired) electrons. The summed E-state index contributed by atoms with van der Waals surface area (Å²) in [5.41, 5.74) is 9.32. The van der Waals surface area contributed by atoms with Gasteiger partial charge in [-0.3, -0.25) is 0 Å². The average Bonchev–Trinajstić information content (AvgIpc) is 2.94. The minimum atomic E-state index is 0.319. The monoisotopic (exact) mass is 256 g/mol. The SMILES string of the molecule is CC(C)c1nc2cc(-c3cc(N)on3)ccc2n1C. The van der Waals surface area contributed by atoms with Crippen molar-refractivity contribution in [2.24, 2.45) is 7.05 Å². The van der Waals surface area contributed by atoms with Crippen molar-refractivity contribution in [2.75, 3.05) is 5.73 Å². The highest BCUT2D eigenvalue weighted by molar-refractivity contribution is 5.82. The Labute approximate surface area is 111 Å². The zero-order valence-electron chi connectivity index (χ0n) is 11.2. The number of benzene rings is 1. The lowest BCUT2D eigenvalue weighted by Gasteiger charge is -2.04. The molecule has 1 aromatic carbocycles. The molecule has 0 saturated heterocycles. The van der Waals surface area contributed by atoms with Crippen LogP contribution >= 0.6 is 0 Å². The third-order valence-corrected chi connectivity index (χ3v) is 3.26. The normalized spacial score (nSPS) is 11.6. The van der Waals surface area contributed by atoms with Gasteiger partial charge in [-0.2, -0.15) is 0 Å². The van der Waals surface area contributed by atoms with Crippen LogP contribution in [0.4, 0.5) is 5.88 Å². The zero-order chi connectivity index (χ0) is 13.6. The fraction of sp³-hybridized carbons (Fsp3) is 0.286. The van der Waals surface area contributed by atoms with E-state index >= 15 is 0 Å². The van der Waals surface area contributed by atoms with Crippen molar-refractivity contribution in [3.63, 3.8) is 0 Å². The van der Waals surface area contributed by atoms with E-state index in [1.54, 1.807) is 6.07 Å². The highest BCUT2D eigenvalue weighted by atomic mass is 16.5. The van der Waals surface area contributed by atoms with Crippen LogP contribution in [0.15, 0.2) is 28.8 Å². The molecule has 3 rings (SSSR count). The highest BCUT2D eigenvalue weighted by Crippen LogP contribution is 2.26. The second kappa shape index (κ2) is 4.12. The first-order valence-electron chi connectivity index (χ1n) is 6.25.